The molecule has 0 atom stereocenters. The largest absolute Gasteiger partial charge is 0.369 e. The lowest BCUT2D eigenvalue weighted by Gasteiger charge is -2.07. The van der Waals surface area contributed by atoms with E-state index in [-0.39, 0.29) is 0 Å². The van der Waals surface area contributed by atoms with Crippen molar-refractivity contribution in [3.05, 3.63) is 36.0 Å². The summed E-state index contributed by atoms with van der Waals surface area (Å²) in [5.74, 6) is 1.14. The molecule has 0 aliphatic carbocycles. The number of nitriles is 1. The van der Waals surface area contributed by atoms with Crippen LogP contribution in [-0.4, -0.2) is 21.7 Å². The Hall–Kier alpha value is -2.68. The van der Waals surface area contributed by atoms with E-state index in [1.807, 2.05) is 12.1 Å². The van der Waals surface area contributed by atoms with Gasteiger partial charge in [0.2, 0.25) is 5.95 Å². The first-order valence-corrected chi connectivity index (χ1v) is 7.02. The first-order valence-electron chi connectivity index (χ1n) is 7.02. The highest BCUT2D eigenvalue weighted by atomic mass is 15.3. The van der Waals surface area contributed by atoms with Gasteiger partial charge in [-0.1, -0.05) is 19.8 Å². The lowest BCUT2D eigenvalue weighted by Crippen LogP contribution is -2.06. The maximum Gasteiger partial charge on any atom is 0.249 e. The highest BCUT2D eigenvalue weighted by Crippen LogP contribution is 2.14. The monoisotopic (exact) mass is 282 g/mol. The Balaban J connectivity index is 1.95. The van der Waals surface area contributed by atoms with Gasteiger partial charge in [-0.15, -0.1) is 5.10 Å². The molecular formula is C15H18N6. The molecule has 21 heavy (non-hydrogen) atoms. The van der Waals surface area contributed by atoms with E-state index in [0.717, 1.165) is 18.7 Å². The molecule has 0 aliphatic rings. The molecule has 0 amide bonds. The Bertz CT molecular complexity index is 602. The quantitative estimate of drug-likeness (QED) is 0.759. The third-order valence-corrected chi connectivity index (χ3v) is 2.92. The zero-order valence-corrected chi connectivity index (χ0v) is 12.0. The molecule has 0 saturated heterocycles. The lowest BCUT2D eigenvalue weighted by atomic mass is 10.2. The summed E-state index contributed by atoms with van der Waals surface area (Å²) in [6.45, 7) is 3.05. The number of hydrogen-bond donors (Lipinski definition) is 2. The molecule has 0 radical (unpaired) electrons. The minimum absolute atomic E-state index is 0.431. The van der Waals surface area contributed by atoms with Crippen LogP contribution in [0.15, 0.2) is 30.5 Å². The van der Waals surface area contributed by atoms with Gasteiger partial charge in [-0.2, -0.15) is 15.3 Å². The van der Waals surface area contributed by atoms with Crippen molar-refractivity contribution in [2.45, 2.75) is 26.2 Å². The van der Waals surface area contributed by atoms with Crippen LogP contribution < -0.4 is 10.6 Å². The lowest BCUT2D eigenvalue weighted by molar-refractivity contribution is 0.741. The number of benzene rings is 1. The summed E-state index contributed by atoms with van der Waals surface area (Å²) in [5.41, 5.74) is 1.44. The van der Waals surface area contributed by atoms with Gasteiger partial charge < -0.3 is 10.6 Å². The summed E-state index contributed by atoms with van der Waals surface area (Å²) in [6.07, 6.45) is 5.10. The molecule has 0 bridgehead atoms. The molecule has 0 saturated carbocycles. The molecule has 1 aromatic carbocycles. The Kier molecular flexibility index (Phi) is 5.47. The minimum Gasteiger partial charge on any atom is -0.369 e. The molecule has 6 nitrogen and oxygen atoms in total. The molecule has 0 aliphatic heterocycles. The molecule has 2 aromatic rings. The van der Waals surface area contributed by atoms with Gasteiger partial charge in [-0.05, 0) is 30.7 Å². The standard InChI is InChI=1S/C15H18N6/c1-2-3-4-9-17-14-11-18-21-15(20-14)19-13-7-5-12(10-16)6-8-13/h5-8,11H,2-4,9H2,1H3,(H2,17,19,20,21). The first-order chi connectivity index (χ1) is 10.3. The number of anilines is 3. The van der Waals surface area contributed by atoms with Crippen molar-refractivity contribution >= 4 is 17.5 Å². The molecule has 1 aromatic heterocycles. The van der Waals surface area contributed by atoms with Crippen molar-refractivity contribution in [1.82, 2.24) is 15.2 Å². The van der Waals surface area contributed by atoms with E-state index in [2.05, 4.69) is 38.8 Å². The van der Waals surface area contributed by atoms with Crippen LogP contribution in [0.25, 0.3) is 0 Å². The maximum atomic E-state index is 8.76. The van der Waals surface area contributed by atoms with E-state index in [1.165, 1.54) is 12.8 Å². The molecule has 0 unspecified atom stereocenters. The van der Waals surface area contributed by atoms with Gasteiger partial charge in [0.15, 0.2) is 5.82 Å². The second-order valence-corrected chi connectivity index (χ2v) is 4.61. The summed E-state index contributed by atoms with van der Waals surface area (Å²) < 4.78 is 0. The van der Waals surface area contributed by atoms with E-state index in [4.69, 9.17) is 5.26 Å². The Morgan fingerprint density at radius 2 is 2.00 bits per heavy atom. The molecule has 0 spiro atoms. The van der Waals surface area contributed by atoms with Crippen molar-refractivity contribution in [2.75, 3.05) is 17.2 Å². The zero-order valence-electron chi connectivity index (χ0n) is 12.0. The Morgan fingerprint density at radius 1 is 1.19 bits per heavy atom. The smallest absolute Gasteiger partial charge is 0.249 e. The van der Waals surface area contributed by atoms with Crippen molar-refractivity contribution in [1.29, 1.82) is 5.26 Å². The van der Waals surface area contributed by atoms with Crippen LogP contribution >= 0.6 is 0 Å². The first kappa shape index (κ1) is 14.7. The third kappa shape index (κ3) is 4.73. The SMILES string of the molecule is CCCCCNc1cnnc(Nc2ccc(C#N)cc2)n1. The van der Waals surface area contributed by atoms with E-state index >= 15 is 0 Å². The van der Waals surface area contributed by atoms with Crippen LogP contribution in [-0.2, 0) is 0 Å². The molecule has 2 N–H and O–H groups in total. The van der Waals surface area contributed by atoms with Crippen molar-refractivity contribution in [2.24, 2.45) is 0 Å². The number of nitrogens with one attached hydrogen (secondary N) is 2. The van der Waals surface area contributed by atoms with E-state index in [1.54, 1.807) is 18.3 Å². The molecular weight excluding hydrogens is 264 g/mol. The minimum atomic E-state index is 0.431. The highest BCUT2D eigenvalue weighted by Gasteiger charge is 2.01. The number of hydrogen-bond acceptors (Lipinski definition) is 6. The average Bonchev–Trinajstić information content (AvgIpc) is 2.53. The third-order valence-electron chi connectivity index (χ3n) is 2.92. The van der Waals surface area contributed by atoms with Gasteiger partial charge in [0.25, 0.3) is 0 Å². The van der Waals surface area contributed by atoms with Gasteiger partial charge in [0.1, 0.15) is 0 Å². The van der Waals surface area contributed by atoms with Crippen molar-refractivity contribution in [3.8, 4) is 6.07 Å². The van der Waals surface area contributed by atoms with Gasteiger partial charge >= 0.3 is 0 Å². The summed E-state index contributed by atoms with van der Waals surface area (Å²) in [7, 11) is 0. The van der Waals surface area contributed by atoms with Crippen LogP contribution in [0.2, 0.25) is 0 Å². The van der Waals surface area contributed by atoms with Gasteiger partial charge in [0.05, 0.1) is 17.8 Å². The van der Waals surface area contributed by atoms with Crippen LogP contribution in [0.4, 0.5) is 17.5 Å². The molecule has 1 heterocycles. The summed E-state index contributed by atoms with van der Waals surface area (Å²) in [6, 6.07) is 9.17. The second kappa shape index (κ2) is 7.80. The number of aromatic nitrogens is 3. The highest BCUT2D eigenvalue weighted by molar-refractivity contribution is 5.55. The Labute approximate surface area is 124 Å². The van der Waals surface area contributed by atoms with Crippen LogP contribution in [0.5, 0.6) is 0 Å². The van der Waals surface area contributed by atoms with Crippen molar-refractivity contribution in [3.63, 3.8) is 0 Å². The van der Waals surface area contributed by atoms with Crippen LogP contribution in [0.3, 0.4) is 0 Å². The molecule has 108 valence electrons. The van der Waals surface area contributed by atoms with Gasteiger partial charge in [-0.25, -0.2) is 0 Å². The van der Waals surface area contributed by atoms with E-state index in [9.17, 15) is 0 Å². The fraction of sp³-hybridized carbons (Fsp3) is 0.333. The number of nitrogens with zero attached hydrogens (tertiary/aromatic N) is 4. The zero-order chi connectivity index (χ0) is 14.9. The predicted molar refractivity (Wildman–Crippen MR) is 82.3 cm³/mol. The van der Waals surface area contributed by atoms with Crippen molar-refractivity contribution < 1.29 is 0 Å². The maximum absolute atomic E-state index is 8.76. The van der Waals surface area contributed by atoms with Gasteiger partial charge in [-0.3, -0.25) is 0 Å². The Morgan fingerprint density at radius 3 is 2.71 bits per heavy atom. The summed E-state index contributed by atoms with van der Waals surface area (Å²) in [5, 5.41) is 22.9. The average molecular weight is 282 g/mol. The van der Waals surface area contributed by atoms with E-state index in [0.29, 0.717) is 17.3 Å². The topological polar surface area (TPSA) is 86.5 Å². The number of rotatable bonds is 7. The number of unbranched alkanes of at least 4 members (excludes halogenated alkanes) is 2. The van der Waals surface area contributed by atoms with Gasteiger partial charge in [0, 0.05) is 12.2 Å². The van der Waals surface area contributed by atoms with Crippen LogP contribution in [0, 0.1) is 11.3 Å². The normalized spacial score (nSPS) is 9.90. The predicted octanol–water partition coefficient (Wildman–Crippen LogP) is 3.09. The fourth-order valence-electron chi connectivity index (χ4n) is 1.79. The fourth-order valence-corrected chi connectivity index (χ4v) is 1.79. The molecule has 6 heteroatoms. The van der Waals surface area contributed by atoms with E-state index < -0.39 is 0 Å². The van der Waals surface area contributed by atoms with Crippen LogP contribution in [0.1, 0.15) is 31.7 Å². The second-order valence-electron chi connectivity index (χ2n) is 4.61. The summed E-state index contributed by atoms with van der Waals surface area (Å²) in [4.78, 5) is 4.35. The summed E-state index contributed by atoms with van der Waals surface area (Å²) >= 11 is 0. The molecule has 0 fully saturated rings. The molecule has 2 rings (SSSR count).